The molecule has 1 rings (SSSR count). The van der Waals surface area contributed by atoms with E-state index in [4.69, 9.17) is 11.6 Å². The minimum Gasteiger partial charge on any atom is -0.383 e. The third-order valence-electron chi connectivity index (χ3n) is 1.28. The normalized spacial score (nSPS) is 9.64. The molecule has 0 aliphatic carbocycles. The Morgan fingerprint density at radius 1 is 1.36 bits per heavy atom. The SMILES string of the molecule is Clc1ccccc1NCCBr. The quantitative estimate of drug-likeness (QED) is 0.792. The molecule has 3 heteroatoms. The monoisotopic (exact) mass is 233 g/mol. The first-order valence-corrected chi connectivity index (χ1v) is 4.89. The van der Waals surface area contributed by atoms with Crippen molar-refractivity contribution < 1.29 is 0 Å². The first kappa shape index (κ1) is 8.88. The summed E-state index contributed by atoms with van der Waals surface area (Å²) in [5.74, 6) is 0. The number of nitrogens with one attached hydrogen (secondary N) is 1. The maximum absolute atomic E-state index is 5.88. The third kappa shape index (κ3) is 2.72. The number of halogens is 2. The van der Waals surface area contributed by atoms with Crippen LogP contribution >= 0.6 is 27.5 Å². The average molecular weight is 235 g/mol. The smallest absolute Gasteiger partial charge is 0.0637 e. The van der Waals surface area contributed by atoms with Crippen LogP contribution in [0.2, 0.25) is 5.02 Å². The molecule has 0 aliphatic rings. The van der Waals surface area contributed by atoms with Crippen molar-refractivity contribution in [3.8, 4) is 0 Å². The Kier molecular flexibility index (Phi) is 3.73. The zero-order valence-corrected chi connectivity index (χ0v) is 8.32. The average Bonchev–Trinajstić information content (AvgIpc) is 2.03. The summed E-state index contributed by atoms with van der Waals surface area (Å²) in [4.78, 5) is 0. The van der Waals surface area contributed by atoms with E-state index in [1.54, 1.807) is 0 Å². The topological polar surface area (TPSA) is 12.0 Å². The fraction of sp³-hybridized carbons (Fsp3) is 0.250. The van der Waals surface area contributed by atoms with E-state index >= 15 is 0 Å². The molecule has 0 atom stereocenters. The fourth-order valence-electron chi connectivity index (χ4n) is 0.786. The summed E-state index contributed by atoms with van der Waals surface area (Å²) in [5.41, 5.74) is 0.994. The van der Waals surface area contributed by atoms with Crippen molar-refractivity contribution in [1.29, 1.82) is 0 Å². The molecule has 0 fully saturated rings. The third-order valence-corrected chi connectivity index (χ3v) is 2.01. The summed E-state index contributed by atoms with van der Waals surface area (Å²) >= 11 is 9.21. The molecule has 1 N–H and O–H groups in total. The Bertz CT molecular complexity index is 227. The van der Waals surface area contributed by atoms with Gasteiger partial charge in [-0.3, -0.25) is 0 Å². The number of anilines is 1. The van der Waals surface area contributed by atoms with E-state index in [1.807, 2.05) is 24.3 Å². The number of benzene rings is 1. The second-order valence-electron chi connectivity index (χ2n) is 2.10. The van der Waals surface area contributed by atoms with Gasteiger partial charge in [-0.05, 0) is 12.1 Å². The van der Waals surface area contributed by atoms with Crippen LogP contribution in [0, 0.1) is 0 Å². The molecule has 0 unspecified atom stereocenters. The van der Waals surface area contributed by atoms with Crippen molar-refractivity contribution in [3.05, 3.63) is 29.3 Å². The maximum Gasteiger partial charge on any atom is 0.0637 e. The van der Waals surface area contributed by atoms with Crippen molar-refractivity contribution in [3.63, 3.8) is 0 Å². The predicted octanol–water partition coefficient (Wildman–Crippen LogP) is 3.15. The van der Waals surface area contributed by atoms with Crippen LogP contribution in [-0.2, 0) is 0 Å². The largest absolute Gasteiger partial charge is 0.383 e. The van der Waals surface area contributed by atoms with Gasteiger partial charge in [0.15, 0.2) is 0 Å². The lowest BCUT2D eigenvalue weighted by molar-refractivity contribution is 1.24. The summed E-state index contributed by atoms with van der Waals surface area (Å²) in [7, 11) is 0. The van der Waals surface area contributed by atoms with Crippen LogP contribution in [0.1, 0.15) is 0 Å². The highest BCUT2D eigenvalue weighted by atomic mass is 79.9. The predicted molar refractivity (Wildman–Crippen MR) is 53.7 cm³/mol. The summed E-state index contributed by atoms with van der Waals surface area (Å²) in [6.45, 7) is 0.893. The number of hydrogen-bond acceptors (Lipinski definition) is 1. The lowest BCUT2D eigenvalue weighted by Crippen LogP contribution is -2.01. The second kappa shape index (κ2) is 4.62. The first-order chi connectivity index (χ1) is 5.34. The minimum absolute atomic E-state index is 0.772. The molecule has 11 heavy (non-hydrogen) atoms. The molecular formula is C8H9BrClN. The Morgan fingerprint density at radius 3 is 2.73 bits per heavy atom. The van der Waals surface area contributed by atoms with Crippen molar-refractivity contribution in [2.24, 2.45) is 0 Å². The van der Waals surface area contributed by atoms with Crippen LogP contribution in [-0.4, -0.2) is 11.9 Å². The van der Waals surface area contributed by atoms with Gasteiger partial charge in [0.25, 0.3) is 0 Å². The molecule has 0 aliphatic heterocycles. The Balaban J connectivity index is 2.62. The van der Waals surface area contributed by atoms with Crippen LogP contribution in [0.4, 0.5) is 5.69 Å². The lowest BCUT2D eigenvalue weighted by Gasteiger charge is -2.04. The van der Waals surface area contributed by atoms with Gasteiger partial charge in [-0.1, -0.05) is 39.7 Å². The number of rotatable bonds is 3. The second-order valence-corrected chi connectivity index (χ2v) is 3.30. The molecule has 60 valence electrons. The Morgan fingerprint density at radius 2 is 2.09 bits per heavy atom. The standard InChI is InChI=1S/C8H9BrClN/c9-5-6-11-8-4-2-1-3-7(8)10/h1-4,11H,5-6H2. The van der Waals surface area contributed by atoms with E-state index < -0.39 is 0 Å². The fourth-order valence-corrected chi connectivity index (χ4v) is 1.19. The van der Waals surface area contributed by atoms with Gasteiger partial charge in [-0.25, -0.2) is 0 Å². The highest BCUT2D eigenvalue weighted by Crippen LogP contribution is 2.19. The van der Waals surface area contributed by atoms with Gasteiger partial charge in [-0.15, -0.1) is 0 Å². The Labute approximate surface area is 79.9 Å². The van der Waals surface area contributed by atoms with Crippen molar-refractivity contribution >= 4 is 33.2 Å². The molecule has 0 saturated heterocycles. The minimum atomic E-state index is 0.772. The van der Waals surface area contributed by atoms with Crippen molar-refractivity contribution in [1.82, 2.24) is 0 Å². The van der Waals surface area contributed by atoms with Gasteiger partial charge >= 0.3 is 0 Å². The number of para-hydroxylation sites is 1. The van der Waals surface area contributed by atoms with E-state index in [2.05, 4.69) is 21.2 Å². The van der Waals surface area contributed by atoms with Crippen LogP contribution in [0.25, 0.3) is 0 Å². The van der Waals surface area contributed by atoms with E-state index in [1.165, 1.54) is 0 Å². The summed E-state index contributed by atoms with van der Waals surface area (Å²) in [6, 6.07) is 7.72. The van der Waals surface area contributed by atoms with Gasteiger partial charge in [0.2, 0.25) is 0 Å². The van der Waals surface area contributed by atoms with E-state index in [0.717, 1.165) is 22.6 Å². The maximum atomic E-state index is 5.88. The van der Waals surface area contributed by atoms with Gasteiger partial charge in [0.1, 0.15) is 0 Å². The molecule has 0 amide bonds. The molecule has 0 saturated carbocycles. The molecule has 0 heterocycles. The molecule has 1 nitrogen and oxygen atoms in total. The van der Waals surface area contributed by atoms with Crippen LogP contribution in [0.3, 0.4) is 0 Å². The lowest BCUT2D eigenvalue weighted by atomic mass is 10.3. The van der Waals surface area contributed by atoms with Crippen LogP contribution in [0.5, 0.6) is 0 Å². The van der Waals surface area contributed by atoms with Crippen molar-refractivity contribution in [2.75, 3.05) is 17.2 Å². The number of alkyl halides is 1. The zero-order valence-electron chi connectivity index (χ0n) is 5.98. The molecule has 0 radical (unpaired) electrons. The highest BCUT2D eigenvalue weighted by molar-refractivity contribution is 9.09. The van der Waals surface area contributed by atoms with E-state index in [0.29, 0.717) is 0 Å². The molecule has 0 spiro atoms. The van der Waals surface area contributed by atoms with E-state index in [-0.39, 0.29) is 0 Å². The summed E-state index contributed by atoms with van der Waals surface area (Å²) in [5, 5.41) is 4.88. The highest BCUT2D eigenvalue weighted by Gasteiger charge is 1.94. The molecule has 0 bridgehead atoms. The van der Waals surface area contributed by atoms with Crippen molar-refractivity contribution in [2.45, 2.75) is 0 Å². The molecule has 1 aromatic rings. The van der Waals surface area contributed by atoms with Gasteiger partial charge in [0, 0.05) is 11.9 Å². The number of hydrogen-bond donors (Lipinski definition) is 1. The van der Waals surface area contributed by atoms with Gasteiger partial charge in [-0.2, -0.15) is 0 Å². The van der Waals surface area contributed by atoms with E-state index in [9.17, 15) is 0 Å². The molecule has 0 aromatic heterocycles. The van der Waals surface area contributed by atoms with Gasteiger partial charge < -0.3 is 5.32 Å². The summed E-state index contributed by atoms with van der Waals surface area (Å²) < 4.78 is 0. The Hall–Kier alpha value is -0.210. The molecule has 1 aromatic carbocycles. The molecular weight excluding hydrogens is 225 g/mol. The summed E-state index contributed by atoms with van der Waals surface area (Å²) in [6.07, 6.45) is 0. The first-order valence-electron chi connectivity index (χ1n) is 3.39. The zero-order chi connectivity index (χ0) is 8.10. The van der Waals surface area contributed by atoms with Crippen LogP contribution < -0.4 is 5.32 Å². The van der Waals surface area contributed by atoms with Gasteiger partial charge in [0.05, 0.1) is 10.7 Å². The van der Waals surface area contributed by atoms with Crippen LogP contribution in [0.15, 0.2) is 24.3 Å².